The molecular weight excluding hydrogens is 541 g/mol. The van der Waals surface area contributed by atoms with Crippen LogP contribution in [0.25, 0.3) is 36.9 Å². The van der Waals surface area contributed by atoms with Gasteiger partial charge in [0.1, 0.15) is 0 Å². The summed E-state index contributed by atoms with van der Waals surface area (Å²) in [7, 11) is 0. The van der Waals surface area contributed by atoms with E-state index in [9.17, 15) is 5.26 Å². The first kappa shape index (κ1) is 24.9. The Balaban J connectivity index is 1.25. The maximum atomic E-state index is 9.92. The molecule has 1 aliphatic heterocycles. The third kappa shape index (κ3) is 3.39. The maximum Gasteiger partial charge on any atom is 0.0992 e. The third-order valence-corrected chi connectivity index (χ3v) is 11.3. The second kappa shape index (κ2) is 8.93. The topological polar surface area (TPSA) is 27.0 Å². The predicted molar refractivity (Wildman–Crippen MR) is 181 cm³/mol. The van der Waals surface area contributed by atoms with Crippen molar-refractivity contribution in [2.45, 2.75) is 44.1 Å². The van der Waals surface area contributed by atoms with Crippen LogP contribution in [0, 0.1) is 11.3 Å². The predicted octanol–water partition coefficient (Wildman–Crippen LogP) is 10.7. The highest BCUT2D eigenvalue weighted by atomic mass is 32.1. The van der Waals surface area contributed by atoms with Gasteiger partial charge in [-0.15, -0.1) is 11.3 Å². The van der Waals surface area contributed by atoms with E-state index in [1.165, 1.54) is 53.7 Å². The van der Waals surface area contributed by atoms with Gasteiger partial charge in [0.2, 0.25) is 0 Å². The monoisotopic (exact) mass is 570 g/mol. The summed E-state index contributed by atoms with van der Waals surface area (Å²) in [4.78, 5) is 2.45. The highest BCUT2D eigenvalue weighted by Gasteiger charge is 2.39. The summed E-state index contributed by atoms with van der Waals surface area (Å²) in [5.41, 5.74) is 12.7. The van der Waals surface area contributed by atoms with Crippen molar-refractivity contribution < 1.29 is 0 Å². The second-order valence-electron chi connectivity index (χ2n) is 12.7. The molecule has 0 amide bonds. The van der Waals surface area contributed by atoms with Crippen LogP contribution in [0.3, 0.4) is 0 Å². The number of thiophene rings is 1. The summed E-state index contributed by atoms with van der Waals surface area (Å²) >= 11 is 1.94. The largest absolute Gasteiger partial charge is 0.333 e. The Morgan fingerprint density at radius 1 is 0.907 bits per heavy atom. The van der Waals surface area contributed by atoms with Crippen molar-refractivity contribution in [3.8, 4) is 17.2 Å². The first-order chi connectivity index (χ1) is 21.0. The Bertz CT molecular complexity index is 2200. The zero-order chi connectivity index (χ0) is 28.9. The van der Waals surface area contributed by atoms with Gasteiger partial charge in [0.25, 0.3) is 0 Å². The molecule has 0 spiro atoms. The Kier molecular flexibility index (Phi) is 5.17. The van der Waals surface area contributed by atoms with E-state index in [0.717, 1.165) is 24.1 Å². The fraction of sp³-hybridized carbons (Fsp3) is 0.175. The van der Waals surface area contributed by atoms with Crippen LogP contribution in [0.5, 0.6) is 0 Å². The molecule has 1 aromatic heterocycles. The van der Waals surface area contributed by atoms with Crippen molar-refractivity contribution in [1.29, 1.82) is 5.26 Å². The summed E-state index contributed by atoms with van der Waals surface area (Å²) in [5, 5.41) is 12.6. The van der Waals surface area contributed by atoms with E-state index in [2.05, 4.69) is 128 Å². The summed E-state index contributed by atoms with van der Waals surface area (Å²) in [6.45, 7) is 4.76. The molecule has 3 aliphatic carbocycles. The number of nitrogens with zero attached hydrogens (tertiary/aromatic N) is 2. The number of benzene rings is 4. The number of fused-ring (bicyclic) bond motifs is 9. The lowest BCUT2D eigenvalue weighted by Gasteiger charge is -2.30. The zero-order valence-corrected chi connectivity index (χ0v) is 25.1. The lowest BCUT2D eigenvalue weighted by Crippen LogP contribution is -2.29. The van der Waals surface area contributed by atoms with E-state index in [-0.39, 0.29) is 11.5 Å². The smallest absolute Gasteiger partial charge is 0.0992 e. The van der Waals surface area contributed by atoms with Gasteiger partial charge in [0.15, 0.2) is 0 Å². The molecule has 4 aromatic carbocycles. The van der Waals surface area contributed by atoms with E-state index in [4.69, 9.17) is 0 Å². The van der Waals surface area contributed by atoms with Crippen LogP contribution in [-0.4, -0.2) is 6.04 Å². The van der Waals surface area contributed by atoms with E-state index in [1.54, 1.807) is 5.57 Å². The molecule has 0 saturated heterocycles. The van der Waals surface area contributed by atoms with Gasteiger partial charge in [-0.2, -0.15) is 5.26 Å². The van der Waals surface area contributed by atoms with Gasteiger partial charge in [-0.3, -0.25) is 0 Å². The fourth-order valence-electron chi connectivity index (χ4n) is 8.10. The number of rotatable bonds is 2. The molecule has 0 N–H and O–H groups in total. The van der Waals surface area contributed by atoms with E-state index in [1.807, 2.05) is 17.4 Å². The van der Waals surface area contributed by atoms with E-state index in [0.29, 0.717) is 11.5 Å². The molecule has 9 rings (SSSR count). The van der Waals surface area contributed by atoms with Crippen molar-refractivity contribution in [3.05, 3.63) is 137 Å². The number of allylic oxidation sites excluding steroid dienone is 6. The lowest BCUT2D eigenvalue weighted by atomic mass is 9.80. The third-order valence-electron chi connectivity index (χ3n) is 10.1. The average Bonchev–Trinajstić information content (AvgIpc) is 3.66. The molecule has 2 heterocycles. The van der Waals surface area contributed by atoms with Gasteiger partial charge >= 0.3 is 0 Å². The summed E-state index contributed by atoms with van der Waals surface area (Å²) in [5.74, 6) is 0.295. The highest BCUT2D eigenvalue weighted by molar-refractivity contribution is 7.26. The molecule has 0 radical (unpaired) electrons. The molecule has 4 aliphatic rings. The average molecular weight is 571 g/mol. The normalized spacial score (nSPS) is 20.8. The van der Waals surface area contributed by atoms with Crippen LogP contribution in [0.15, 0.2) is 115 Å². The molecule has 2 unspecified atom stereocenters. The number of para-hydroxylation sites is 1. The van der Waals surface area contributed by atoms with E-state index >= 15 is 0 Å². The molecule has 2 atom stereocenters. The minimum Gasteiger partial charge on any atom is -0.333 e. The van der Waals surface area contributed by atoms with Crippen LogP contribution in [0.2, 0.25) is 0 Å². The van der Waals surface area contributed by atoms with Crippen LogP contribution in [0.1, 0.15) is 54.9 Å². The number of hydrogen-bond donors (Lipinski definition) is 0. The molecule has 3 heteroatoms. The van der Waals surface area contributed by atoms with Gasteiger partial charge in [-0.05, 0) is 76.6 Å². The van der Waals surface area contributed by atoms with Crippen LogP contribution >= 0.6 is 11.3 Å². The fourth-order valence-corrected chi connectivity index (χ4v) is 9.35. The molecule has 5 aromatic rings. The first-order valence-corrected chi connectivity index (χ1v) is 16.0. The number of nitriles is 1. The molecule has 206 valence electrons. The Labute approximate surface area is 256 Å². The van der Waals surface area contributed by atoms with Crippen LogP contribution in [-0.2, 0) is 5.41 Å². The van der Waals surface area contributed by atoms with Crippen LogP contribution in [0.4, 0.5) is 11.4 Å². The van der Waals surface area contributed by atoms with Crippen molar-refractivity contribution >= 4 is 48.5 Å². The SMILES string of the molecule is CC1(C)C2=C(CCC=C2)c2c1ccc1c2sc2ccc(-c3ccc(C#N)cc3N3c4ccccc4C4C=CC=CC43)cc21. The Hall–Kier alpha value is -4.65. The molecule has 0 saturated carbocycles. The highest BCUT2D eigenvalue weighted by Crippen LogP contribution is 2.55. The second-order valence-corrected chi connectivity index (χ2v) is 13.7. The quantitative estimate of drug-likeness (QED) is 0.211. The van der Waals surface area contributed by atoms with Gasteiger partial charge in [-0.1, -0.05) is 92.8 Å². The van der Waals surface area contributed by atoms with Gasteiger partial charge < -0.3 is 4.90 Å². The minimum atomic E-state index is 0.0428. The standard InChI is InChI=1S/C40H30N2S/c1-40(2)32-12-6-3-11-30(32)38-33(40)19-18-29-31-22-25(16-20-37(31)43-39(29)38)26-17-15-24(23-41)21-36(26)42-34-13-7-4-9-27(34)28-10-5-8-14-35(28)42/h4-10,12-22,27,34H,3,11H2,1-2H3. The number of hydrogen-bond acceptors (Lipinski definition) is 3. The van der Waals surface area contributed by atoms with Crippen molar-refractivity contribution in [2.24, 2.45) is 0 Å². The molecule has 43 heavy (non-hydrogen) atoms. The maximum absolute atomic E-state index is 9.92. The van der Waals surface area contributed by atoms with Gasteiger partial charge in [0, 0.05) is 42.8 Å². The summed E-state index contributed by atoms with van der Waals surface area (Å²) in [6, 6.07) is 29.2. The van der Waals surface area contributed by atoms with Gasteiger partial charge in [-0.25, -0.2) is 0 Å². The van der Waals surface area contributed by atoms with Crippen molar-refractivity contribution in [3.63, 3.8) is 0 Å². The summed E-state index contributed by atoms with van der Waals surface area (Å²) in [6.07, 6.45) is 15.9. The summed E-state index contributed by atoms with van der Waals surface area (Å²) < 4.78 is 2.75. The Morgan fingerprint density at radius 3 is 2.70 bits per heavy atom. The van der Waals surface area contributed by atoms with Crippen molar-refractivity contribution in [1.82, 2.24) is 0 Å². The van der Waals surface area contributed by atoms with Crippen LogP contribution < -0.4 is 4.90 Å². The van der Waals surface area contributed by atoms with Crippen molar-refractivity contribution in [2.75, 3.05) is 4.90 Å². The Morgan fingerprint density at radius 2 is 1.79 bits per heavy atom. The minimum absolute atomic E-state index is 0.0428. The molecular formula is C40H30N2S. The lowest BCUT2D eigenvalue weighted by molar-refractivity contribution is 0.652. The van der Waals surface area contributed by atoms with E-state index < -0.39 is 0 Å². The molecule has 0 bridgehead atoms. The molecule has 0 fully saturated rings. The number of anilines is 2. The zero-order valence-electron chi connectivity index (χ0n) is 24.3. The first-order valence-electron chi connectivity index (χ1n) is 15.2. The van der Waals surface area contributed by atoms with Gasteiger partial charge in [0.05, 0.1) is 23.4 Å². The molecule has 2 nitrogen and oxygen atoms in total.